The average molecular weight is 331 g/mol. The largest absolute Gasteiger partial charge is 0.351 e. The zero-order valence-corrected chi connectivity index (χ0v) is 13.1. The molecule has 1 aromatic carbocycles. The number of hydrogen-bond donors (Lipinski definition) is 3. The van der Waals surface area contributed by atoms with Gasteiger partial charge in [0, 0.05) is 31.9 Å². The Kier molecular flexibility index (Phi) is 7.07. The lowest BCUT2D eigenvalue weighted by atomic mass is 10.1. The summed E-state index contributed by atoms with van der Waals surface area (Å²) in [5.41, 5.74) is 0.465. The molecule has 1 aromatic rings. The lowest BCUT2D eigenvalue weighted by Crippen LogP contribution is -2.32. The van der Waals surface area contributed by atoms with Crippen LogP contribution in [0.25, 0.3) is 0 Å². The van der Waals surface area contributed by atoms with Crippen molar-refractivity contribution in [2.75, 3.05) is 37.6 Å². The zero-order valence-electron chi connectivity index (χ0n) is 12.3. The number of carbonyl (C=O) groups excluding carboxylic acids is 2. The highest BCUT2D eigenvalue weighted by Crippen LogP contribution is 2.20. The molecule has 1 saturated heterocycles. The summed E-state index contributed by atoms with van der Waals surface area (Å²) in [6.45, 7) is 4.86. The van der Waals surface area contributed by atoms with Gasteiger partial charge in [-0.3, -0.25) is 9.69 Å². The maximum atomic E-state index is 13.8. The lowest BCUT2D eigenvalue weighted by molar-refractivity contribution is 0.0950. The van der Waals surface area contributed by atoms with Crippen molar-refractivity contribution in [1.82, 2.24) is 16.0 Å². The summed E-state index contributed by atoms with van der Waals surface area (Å²) in [6.07, 6.45) is 0. The van der Waals surface area contributed by atoms with Gasteiger partial charge in [0.25, 0.3) is 5.91 Å². The summed E-state index contributed by atoms with van der Waals surface area (Å²) in [5.74, 6) is -1.08. The number of benzene rings is 1. The fraction of sp³-hybridized carbons (Fsp3) is 0.429. The lowest BCUT2D eigenvalue weighted by Gasteiger charge is -2.15. The Bertz CT molecular complexity index is 542. The minimum absolute atomic E-state index is 0. The molecule has 0 radical (unpaired) electrons. The Balaban J connectivity index is 0.00000242. The van der Waals surface area contributed by atoms with Crippen LogP contribution in [0.4, 0.5) is 14.9 Å². The maximum absolute atomic E-state index is 13.8. The van der Waals surface area contributed by atoms with Crippen molar-refractivity contribution in [1.29, 1.82) is 0 Å². The van der Waals surface area contributed by atoms with E-state index in [0.29, 0.717) is 31.9 Å². The van der Waals surface area contributed by atoms with E-state index < -0.39 is 11.7 Å². The molecular formula is C14H20ClFN4O2. The molecule has 1 fully saturated rings. The number of anilines is 1. The minimum atomic E-state index is -0.598. The molecule has 1 heterocycles. The third-order valence-corrected chi connectivity index (χ3v) is 3.20. The van der Waals surface area contributed by atoms with Gasteiger partial charge in [-0.15, -0.1) is 12.4 Å². The maximum Gasteiger partial charge on any atom is 0.321 e. The van der Waals surface area contributed by atoms with Crippen LogP contribution in [0, 0.1) is 5.82 Å². The summed E-state index contributed by atoms with van der Waals surface area (Å²) in [4.78, 5) is 25.1. The van der Waals surface area contributed by atoms with Gasteiger partial charge in [0.1, 0.15) is 5.82 Å². The molecule has 6 nitrogen and oxygen atoms in total. The Hall–Kier alpha value is -1.86. The van der Waals surface area contributed by atoms with Crippen molar-refractivity contribution in [2.24, 2.45) is 0 Å². The van der Waals surface area contributed by atoms with Crippen molar-refractivity contribution >= 4 is 30.0 Å². The third-order valence-electron chi connectivity index (χ3n) is 3.20. The predicted octanol–water partition coefficient (Wildman–Crippen LogP) is 1.12. The third kappa shape index (κ3) is 4.32. The fourth-order valence-corrected chi connectivity index (χ4v) is 2.11. The van der Waals surface area contributed by atoms with Gasteiger partial charge in [-0.1, -0.05) is 6.92 Å². The fourth-order valence-electron chi connectivity index (χ4n) is 2.11. The first-order valence-electron chi connectivity index (χ1n) is 6.97. The highest BCUT2D eigenvalue weighted by atomic mass is 35.5. The number of urea groups is 1. The SMILES string of the molecule is CCNCCNC(=O)c1cc(N2CCNC2=O)ccc1F.Cl. The highest BCUT2D eigenvalue weighted by Gasteiger charge is 2.23. The number of hydrogen-bond acceptors (Lipinski definition) is 3. The first-order chi connectivity index (χ1) is 10.1. The second-order valence-corrected chi connectivity index (χ2v) is 4.66. The topological polar surface area (TPSA) is 73.5 Å². The molecule has 22 heavy (non-hydrogen) atoms. The Morgan fingerprint density at radius 3 is 2.82 bits per heavy atom. The quantitative estimate of drug-likeness (QED) is 0.684. The second-order valence-electron chi connectivity index (χ2n) is 4.66. The number of nitrogens with one attached hydrogen (secondary N) is 3. The second kappa shape index (κ2) is 8.55. The molecule has 0 unspecified atom stereocenters. The van der Waals surface area contributed by atoms with Crippen LogP contribution >= 0.6 is 12.4 Å². The summed E-state index contributed by atoms with van der Waals surface area (Å²) < 4.78 is 13.8. The standard InChI is InChI=1S/C14H19FN4O2.ClH/c1-2-16-5-6-17-13(20)11-9-10(3-4-12(11)15)19-8-7-18-14(19)21;/h3-4,9,16H,2,5-8H2,1H3,(H,17,20)(H,18,21);1H. The summed E-state index contributed by atoms with van der Waals surface area (Å²) >= 11 is 0. The van der Waals surface area contributed by atoms with E-state index >= 15 is 0 Å². The van der Waals surface area contributed by atoms with Crippen LogP contribution in [0.1, 0.15) is 17.3 Å². The summed E-state index contributed by atoms with van der Waals surface area (Å²) in [6, 6.07) is 3.87. The minimum Gasteiger partial charge on any atom is -0.351 e. The molecule has 0 spiro atoms. The number of halogens is 2. The number of rotatable bonds is 6. The smallest absolute Gasteiger partial charge is 0.321 e. The van der Waals surface area contributed by atoms with E-state index in [0.717, 1.165) is 6.54 Å². The van der Waals surface area contributed by atoms with Crippen molar-refractivity contribution in [3.05, 3.63) is 29.6 Å². The van der Waals surface area contributed by atoms with E-state index in [1.807, 2.05) is 6.92 Å². The highest BCUT2D eigenvalue weighted by molar-refractivity contribution is 5.98. The molecule has 0 atom stereocenters. The van der Waals surface area contributed by atoms with Crippen LogP contribution in [0.2, 0.25) is 0 Å². The van der Waals surface area contributed by atoms with Gasteiger partial charge in [-0.25, -0.2) is 9.18 Å². The Morgan fingerprint density at radius 1 is 1.41 bits per heavy atom. The molecule has 3 amide bonds. The van der Waals surface area contributed by atoms with E-state index in [1.165, 1.54) is 23.1 Å². The molecule has 8 heteroatoms. The van der Waals surface area contributed by atoms with Gasteiger partial charge in [0.15, 0.2) is 0 Å². The first kappa shape index (κ1) is 18.2. The molecule has 0 aromatic heterocycles. The van der Waals surface area contributed by atoms with Gasteiger partial charge in [0.05, 0.1) is 5.56 Å². The van der Waals surface area contributed by atoms with Gasteiger partial charge < -0.3 is 16.0 Å². The van der Waals surface area contributed by atoms with Gasteiger partial charge >= 0.3 is 6.03 Å². The molecule has 3 N–H and O–H groups in total. The van der Waals surface area contributed by atoms with Crippen molar-refractivity contribution in [3.63, 3.8) is 0 Å². The van der Waals surface area contributed by atoms with Crippen LogP contribution in [0.5, 0.6) is 0 Å². The molecular weight excluding hydrogens is 311 g/mol. The van der Waals surface area contributed by atoms with Crippen molar-refractivity contribution < 1.29 is 14.0 Å². The zero-order chi connectivity index (χ0) is 15.2. The number of likely N-dealkylation sites (N-methyl/N-ethyl adjacent to an activating group) is 1. The van der Waals surface area contributed by atoms with Gasteiger partial charge in [0.2, 0.25) is 0 Å². The average Bonchev–Trinajstić information content (AvgIpc) is 2.90. The monoisotopic (exact) mass is 330 g/mol. The van der Waals surface area contributed by atoms with Crippen molar-refractivity contribution in [3.8, 4) is 0 Å². The van der Waals surface area contributed by atoms with Crippen LogP contribution in [-0.4, -0.2) is 44.7 Å². The van der Waals surface area contributed by atoms with Crippen LogP contribution in [-0.2, 0) is 0 Å². The van der Waals surface area contributed by atoms with Crippen molar-refractivity contribution in [2.45, 2.75) is 6.92 Å². The van der Waals surface area contributed by atoms with E-state index in [9.17, 15) is 14.0 Å². The van der Waals surface area contributed by atoms with E-state index in [4.69, 9.17) is 0 Å². The molecule has 0 bridgehead atoms. The van der Waals surface area contributed by atoms with E-state index in [2.05, 4.69) is 16.0 Å². The number of carbonyl (C=O) groups is 2. The molecule has 122 valence electrons. The van der Waals surface area contributed by atoms with E-state index in [-0.39, 0.29) is 24.0 Å². The van der Waals surface area contributed by atoms with Crippen LogP contribution < -0.4 is 20.9 Å². The van der Waals surface area contributed by atoms with E-state index in [1.54, 1.807) is 0 Å². The summed E-state index contributed by atoms with van der Waals surface area (Å²) in [5, 5.41) is 8.37. The van der Waals surface area contributed by atoms with Crippen LogP contribution in [0.3, 0.4) is 0 Å². The first-order valence-corrected chi connectivity index (χ1v) is 6.97. The predicted molar refractivity (Wildman–Crippen MR) is 85.3 cm³/mol. The number of amides is 3. The Labute approximate surface area is 134 Å². The molecule has 0 saturated carbocycles. The Morgan fingerprint density at radius 2 is 2.18 bits per heavy atom. The molecule has 1 aliphatic rings. The van der Waals surface area contributed by atoms with Crippen LogP contribution in [0.15, 0.2) is 18.2 Å². The van der Waals surface area contributed by atoms with Gasteiger partial charge in [-0.05, 0) is 24.7 Å². The summed E-state index contributed by atoms with van der Waals surface area (Å²) in [7, 11) is 0. The normalized spacial score (nSPS) is 13.5. The molecule has 2 rings (SSSR count). The molecule has 0 aliphatic carbocycles. The van der Waals surface area contributed by atoms with Gasteiger partial charge in [-0.2, -0.15) is 0 Å². The number of nitrogens with zero attached hydrogens (tertiary/aromatic N) is 1. The molecule has 1 aliphatic heterocycles.